The van der Waals surface area contributed by atoms with Gasteiger partial charge in [-0.15, -0.1) is 0 Å². The second-order valence-corrected chi connectivity index (χ2v) is 2.79. The zero-order chi connectivity index (χ0) is 9.14. The van der Waals surface area contributed by atoms with Crippen LogP contribution in [0.2, 0.25) is 0 Å². The zero-order valence-electron chi connectivity index (χ0n) is 6.24. The van der Waals surface area contributed by atoms with Crippen LogP contribution < -0.4 is 0 Å². The molecule has 0 atom stereocenters. The summed E-state index contributed by atoms with van der Waals surface area (Å²) in [4.78, 5) is 12.2. The van der Waals surface area contributed by atoms with Crippen LogP contribution in [-0.2, 0) is 0 Å². The van der Waals surface area contributed by atoms with E-state index in [0.717, 1.165) is 4.90 Å². The van der Waals surface area contributed by atoms with Gasteiger partial charge >= 0.3 is 0 Å². The minimum absolute atomic E-state index is 0.342. The Balaban J connectivity index is 2.94. The topological polar surface area (TPSA) is 57.2 Å². The van der Waals surface area contributed by atoms with Gasteiger partial charge in [0.2, 0.25) is 0 Å². The fourth-order valence-corrected chi connectivity index (χ4v) is 1.08. The molecule has 0 N–H and O–H groups in total. The molecule has 0 unspecified atom stereocenters. The lowest BCUT2D eigenvalue weighted by atomic mass is 10.3. The number of hydrogen-bond donors (Lipinski definition) is 0. The summed E-state index contributed by atoms with van der Waals surface area (Å²) >= 11 is 3.04. The predicted octanol–water partition coefficient (Wildman–Crippen LogP) is 1.60. The fourth-order valence-electron chi connectivity index (χ4n) is 0.672. The highest BCUT2D eigenvalue weighted by atomic mass is 79.9. The predicted molar refractivity (Wildman–Crippen MR) is 44.1 cm³/mol. The van der Waals surface area contributed by atoms with Crippen LogP contribution >= 0.6 is 15.9 Å². The fraction of sp³-hybridized carbons (Fsp3) is 0.143. The van der Waals surface area contributed by atoms with Crippen molar-refractivity contribution in [2.24, 2.45) is 0 Å². The van der Waals surface area contributed by atoms with Crippen LogP contribution in [0.1, 0.15) is 10.4 Å². The maximum absolute atomic E-state index is 11.3. The van der Waals surface area contributed by atoms with Crippen molar-refractivity contribution in [1.82, 2.24) is 4.90 Å². The highest BCUT2D eigenvalue weighted by Crippen LogP contribution is 2.18. The molecule has 1 amide bonds. The summed E-state index contributed by atoms with van der Waals surface area (Å²) in [5.41, 5.74) is 0.346. The van der Waals surface area contributed by atoms with Gasteiger partial charge in [-0.25, -0.2) is 4.90 Å². The Kier molecular flexibility index (Phi) is 2.51. The average Bonchev–Trinajstić information content (AvgIpc) is 2.48. The van der Waals surface area contributed by atoms with E-state index in [4.69, 9.17) is 9.68 Å². The summed E-state index contributed by atoms with van der Waals surface area (Å²) in [5.74, 6) is -0.391. The second-order valence-electron chi connectivity index (χ2n) is 2.07. The van der Waals surface area contributed by atoms with E-state index in [1.807, 2.05) is 0 Å². The normalized spacial score (nSPS) is 9.08. The molecule has 1 heterocycles. The molecule has 0 spiro atoms. The molecule has 0 fully saturated rings. The lowest BCUT2D eigenvalue weighted by molar-refractivity contribution is 0.0856. The van der Waals surface area contributed by atoms with Crippen LogP contribution in [0.25, 0.3) is 0 Å². The highest BCUT2D eigenvalue weighted by molar-refractivity contribution is 9.10. The summed E-state index contributed by atoms with van der Waals surface area (Å²) in [6, 6.07) is 1.50. The van der Waals surface area contributed by atoms with Gasteiger partial charge in [0.05, 0.1) is 11.8 Å². The Morgan fingerprint density at radius 1 is 1.83 bits per heavy atom. The molecule has 1 aromatic heterocycles. The third-order valence-corrected chi connectivity index (χ3v) is 1.92. The monoisotopic (exact) mass is 228 g/mol. The Morgan fingerprint density at radius 3 is 2.92 bits per heavy atom. The summed E-state index contributed by atoms with van der Waals surface area (Å²) in [5, 5.41) is 8.40. The Hall–Kier alpha value is -1.28. The molecule has 5 heteroatoms. The minimum atomic E-state index is -0.391. The zero-order valence-corrected chi connectivity index (χ0v) is 7.83. The third-order valence-electron chi connectivity index (χ3n) is 1.30. The number of nitriles is 1. The molecule has 4 nitrogen and oxygen atoms in total. The second kappa shape index (κ2) is 3.41. The van der Waals surface area contributed by atoms with Crippen molar-refractivity contribution < 1.29 is 9.21 Å². The first kappa shape index (κ1) is 8.81. The molecule has 0 aliphatic rings. The number of carbonyl (C=O) groups excluding carboxylic acids is 1. The number of furan rings is 1. The first-order valence-electron chi connectivity index (χ1n) is 3.07. The van der Waals surface area contributed by atoms with Crippen LogP contribution in [-0.4, -0.2) is 17.9 Å². The van der Waals surface area contributed by atoms with E-state index < -0.39 is 5.91 Å². The first-order valence-corrected chi connectivity index (χ1v) is 3.87. The lowest BCUT2D eigenvalue weighted by Gasteiger charge is -2.03. The van der Waals surface area contributed by atoms with Gasteiger partial charge in [0, 0.05) is 7.05 Å². The SMILES string of the molecule is CN(C#N)C(=O)c1ccoc1Br. The highest BCUT2D eigenvalue weighted by Gasteiger charge is 2.16. The quantitative estimate of drug-likeness (QED) is 0.542. The van der Waals surface area contributed by atoms with Gasteiger partial charge in [-0.2, -0.15) is 5.26 Å². The van der Waals surface area contributed by atoms with Crippen molar-refractivity contribution in [3.8, 4) is 6.19 Å². The van der Waals surface area contributed by atoms with Crippen molar-refractivity contribution in [3.05, 3.63) is 22.6 Å². The molecule has 0 bridgehead atoms. The Morgan fingerprint density at radius 2 is 2.50 bits per heavy atom. The van der Waals surface area contributed by atoms with E-state index in [2.05, 4.69) is 15.9 Å². The van der Waals surface area contributed by atoms with E-state index in [1.165, 1.54) is 19.4 Å². The van der Waals surface area contributed by atoms with Crippen molar-refractivity contribution in [1.29, 1.82) is 5.26 Å². The smallest absolute Gasteiger partial charge is 0.271 e. The van der Waals surface area contributed by atoms with Gasteiger partial charge < -0.3 is 4.42 Å². The maximum Gasteiger partial charge on any atom is 0.271 e. The number of hydrogen-bond acceptors (Lipinski definition) is 3. The molecule has 1 aromatic rings. The summed E-state index contributed by atoms with van der Waals surface area (Å²) in [6.07, 6.45) is 3.08. The van der Waals surface area contributed by atoms with Crippen LogP contribution in [0, 0.1) is 11.5 Å². The number of halogens is 1. The van der Waals surface area contributed by atoms with E-state index in [-0.39, 0.29) is 0 Å². The van der Waals surface area contributed by atoms with Crippen LogP contribution in [0.15, 0.2) is 21.4 Å². The van der Waals surface area contributed by atoms with Crippen LogP contribution in [0.3, 0.4) is 0 Å². The van der Waals surface area contributed by atoms with Crippen molar-refractivity contribution in [2.75, 3.05) is 7.05 Å². The molecule has 62 valence electrons. The van der Waals surface area contributed by atoms with Gasteiger partial charge in [-0.05, 0) is 22.0 Å². The molecular formula is C7H5BrN2O2. The molecule has 0 radical (unpaired) electrons. The van der Waals surface area contributed by atoms with Crippen LogP contribution in [0.5, 0.6) is 0 Å². The van der Waals surface area contributed by atoms with Crippen LogP contribution in [0.4, 0.5) is 0 Å². The minimum Gasteiger partial charge on any atom is -0.457 e. The van der Waals surface area contributed by atoms with E-state index in [9.17, 15) is 4.79 Å². The summed E-state index contributed by atoms with van der Waals surface area (Å²) in [6.45, 7) is 0. The largest absolute Gasteiger partial charge is 0.457 e. The van der Waals surface area contributed by atoms with E-state index in [0.29, 0.717) is 10.2 Å². The third kappa shape index (κ3) is 1.48. The molecule has 12 heavy (non-hydrogen) atoms. The molecule has 0 saturated heterocycles. The van der Waals surface area contributed by atoms with Crippen molar-refractivity contribution >= 4 is 21.8 Å². The van der Waals surface area contributed by atoms with Gasteiger partial charge in [-0.1, -0.05) is 0 Å². The van der Waals surface area contributed by atoms with Gasteiger partial charge in [0.25, 0.3) is 5.91 Å². The average molecular weight is 229 g/mol. The van der Waals surface area contributed by atoms with Crippen molar-refractivity contribution in [3.63, 3.8) is 0 Å². The van der Waals surface area contributed by atoms with Gasteiger partial charge in [0.1, 0.15) is 0 Å². The molecular weight excluding hydrogens is 224 g/mol. The van der Waals surface area contributed by atoms with Gasteiger partial charge in [-0.3, -0.25) is 4.79 Å². The number of carbonyl (C=O) groups is 1. The molecule has 1 rings (SSSR count). The van der Waals surface area contributed by atoms with Gasteiger partial charge in [0.15, 0.2) is 10.9 Å². The number of rotatable bonds is 1. The molecule has 0 aliphatic carbocycles. The molecule has 0 aliphatic heterocycles. The Labute approximate surface area is 77.5 Å². The summed E-state index contributed by atoms with van der Waals surface area (Å²) < 4.78 is 5.18. The summed E-state index contributed by atoms with van der Waals surface area (Å²) in [7, 11) is 1.39. The van der Waals surface area contributed by atoms with Crippen molar-refractivity contribution in [2.45, 2.75) is 0 Å². The molecule has 0 saturated carbocycles. The number of nitrogens with zero attached hydrogens (tertiary/aromatic N) is 2. The Bertz CT molecular complexity index is 339. The standard InChI is InChI=1S/C7H5BrN2O2/c1-10(4-9)7(11)5-2-3-12-6(5)8/h2-3H,1H3. The lowest BCUT2D eigenvalue weighted by Crippen LogP contribution is -2.20. The number of amides is 1. The molecule has 0 aromatic carbocycles. The first-order chi connectivity index (χ1) is 5.66. The van der Waals surface area contributed by atoms with E-state index in [1.54, 1.807) is 6.19 Å². The van der Waals surface area contributed by atoms with E-state index >= 15 is 0 Å². The maximum atomic E-state index is 11.3.